The monoisotopic (exact) mass is 281 g/mol. The molecule has 0 aliphatic heterocycles. The molecule has 0 bridgehead atoms. The summed E-state index contributed by atoms with van der Waals surface area (Å²) in [6, 6.07) is 16.4. The fraction of sp³-hybridized carbons (Fsp3) is 0.333. The molecule has 0 unspecified atom stereocenters. The van der Waals surface area contributed by atoms with Crippen LogP contribution in [0.5, 0.6) is 0 Å². The van der Waals surface area contributed by atoms with Crippen LogP contribution in [0, 0.1) is 0 Å². The standard InChI is InChI=1S/C18H23N3/c1-4-15-7-9-16(10-8-15)19-20-17-11-13-18(14-12-17)21(5-2)6-3/h7-14H,4-6H2,1-3H3. The average Bonchev–Trinajstić information content (AvgIpc) is 2.55. The van der Waals surface area contributed by atoms with E-state index in [-0.39, 0.29) is 0 Å². The lowest BCUT2D eigenvalue weighted by Gasteiger charge is -2.20. The molecule has 0 spiro atoms. The van der Waals surface area contributed by atoms with Crippen molar-refractivity contribution >= 4 is 17.1 Å². The van der Waals surface area contributed by atoms with Crippen LogP contribution < -0.4 is 4.90 Å². The highest BCUT2D eigenvalue weighted by atomic mass is 15.1. The fourth-order valence-corrected chi connectivity index (χ4v) is 2.23. The van der Waals surface area contributed by atoms with Gasteiger partial charge in [0.15, 0.2) is 0 Å². The second-order valence-electron chi connectivity index (χ2n) is 4.91. The summed E-state index contributed by atoms with van der Waals surface area (Å²) < 4.78 is 0. The Morgan fingerprint density at radius 1 is 0.714 bits per heavy atom. The van der Waals surface area contributed by atoms with E-state index in [1.54, 1.807) is 0 Å². The largest absolute Gasteiger partial charge is 0.372 e. The Balaban J connectivity index is 2.06. The molecule has 0 atom stereocenters. The van der Waals surface area contributed by atoms with Gasteiger partial charge in [0, 0.05) is 18.8 Å². The van der Waals surface area contributed by atoms with Crippen LogP contribution in [-0.2, 0) is 6.42 Å². The minimum Gasteiger partial charge on any atom is -0.372 e. The zero-order valence-electron chi connectivity index (χ0n) is 13.1. The van der Waals surface area contributed by atoms with Gasteiger partial charge < -0.3 is 4.90 Å². The lowest BCUT2D eigenvalue weighted by atomic mass is 10.2. The van der Waals surface area contributed by atoms with Gasteiger partial charge in [-0.3, -0.25) is 0 Å². The molecular formula is C18H23N3. The molecule has 2 aromatic rings. The fourth-order valence-electron chi connectivity index (χ4n) is 2.23. The Kier molecular flexibility index (Phi) is 5.50. The lowest BCUT2D eigenvalue weighted by molar-refractivity contribution is 0.866. The minimum atomic E-state index is 0.880. The van der Waals surface area contributed by atoms with E-state index in [9.17, 15) is 0 Å². The van der Waals surface area contributed by atoms with Crippen LogP contribution in [0.2, 0.25) is 0 Å². The maximum absolute atomic E-state index is 4.29. The predicted molar refractivity (Wildman–Crippen MR) is 90.0 cm³/mol. The number of benzene rings is 2. The smallest absolute Gasteiger partial charge is 0.0858 e. The average molecular weight is 281 g/mol. The first kappa shape index (κ1) is 15.2. The third-order valence-corrected chi connectivity index (χ3v) is 3.60. The summed E-state index contributed by atoms with van der Waals surface area (Å²) in [5.74, 6) is 0. The van der Waals surface area contributed by atoms with Crippen molar-refractivity contribution in [1.29, 1.82) is 0 Å². The lowest BCUT2D eigenvalue weighted by Crippen LogP contribution is -2.21. The van der Waals surface area contributed by atoms with Crippen LogP contribution in [0.3, 0.4) is 0 Å². The highest BCUT2D eigenvalue weighted by molar-refractivity contribution is 5.52. The Hall–Kier alpha value is -2.16. The summed E-state index contributed by atoms with van der Waals surface area (Å²) in [6.45, 7) is 8.50. The molecule has 0 radical (unpaired) electrons. The molecule has 0 aromatic heterocycles. The molecule has 0 saturated heterocycles. The molecule has 0 aliphatic rings. The summed E-state index contributed by atoms with van der Waals surface area (Å²) in [4.78, 5) is 2.31. The van der Waals surface area contributed by atoms with Crippen LogP contribution in [0.4, 0.5) is 17.1 Å². The number of rotatable bonds is 6. The highest BCUT2D eigenvalue weighted by Gasteiger charge is 2.00. The summed E-state index contributed by atoms with van der Waals surface area (Å²) >= 11 is 0. The summed E-state index contributed by atoms with van der Waals surface area (Å²) in [6.07, 6.45) is 1.05. The maximum Gasteiger partial charge on any atom is 0.0858 e. The van der Waals surface area contributed by atoms with E-state index in [1.807, 2.05) is 24.3 Å². The molecule has 0 fully saturated rings. The first-order chi connectivity index (χ1) is 10.3. The molecule has 0 N–H and O–H groups in total. The van der Waals surface area contributed by atoms with Crippen molar-refractivity contribution in [3.8, 4) is 0 Å². The first-order valence-electron chi connectivity index (χ1n) is 7.62. The first-order valence-corrected chi connectivity index (χ1v) is 7.62. The van der Waals surface area contributed by atoms with Gasteiger partial charge in [0.1, 0.15) is 0 Å². The Morgan fingerprint density at radius 3 is 1.62 bits per heavy atom. The van der Waals surface area contributed by atoms with Crippen LogP contribution in [-0.4, -0.2) is 13.1 Å². The molecule has 2 aromatic carbocycles. The zero-order valence-corrected chi connectivity index (χ0v) is 13.1. The van der Waals surface area contributed by atoms with Gasteiger partial charge in [0.25, 0.3) is 0 Å². The number of aryl methyl sites for hydroxylation is 1. The van der Waals surface area contributed by atoms with Gasteiger partial charge in [-0.15, -0.1) is 0 Å². The second kappa shape index (κ2) is 7.58. The maximum atomic E-state index is 4.29. The van der Waals surface area contributed by atoms with E-state index in [0.29, 0.717) is 0 Å². The third-order valence-electron chi connectivity index (χ3n) is 3.60. The van der Waals surface area contributed by atoms with Gasteiger partial charge in [-0.1, -0.05) is 19.1 Å². The molecule has 3 heteroatoms. The van der Waals surface area contributed by atoms with Crippen molar-refractivity contribution in [3.05, 3.63) is 54.1 Å². The highest BCUT2D eigenvalue weighted by Crippen LogP contribution is 2.22. The van der Waals surface area contributed by atoms with Crippen LogP contribution in [0.15, 0.2) is 58.8 Å². The molecule has 110 valence electrons. The van der Waals surface area contributed by atoms with E-state index in [4.69, 9.17) is 0 Å². The number of nitrogens with zero attached hydrogens (tertiary/aromatic N) is 3. The molecule has 3 nitrogen and oxygen atoms in total. The van der Waals surface area contributed by atoms with Crippen molar-refractivity contribution in [1.82, 2.24) is 0 Å². The Labute approximate surface area is 127 Å². The second-order valence-corrected chi connectivity index (χ2v) is 4.91. The quantitative estimate of drug-likeness (QED) is 0.641. The molecule has 0 amide bonds. The molecule has 0 saturated carbocycles. The molecule has 2 rings (SSSR count). The summed E-state index contributed by atoms with van der Waals surface area (Å²) in [5, 5.41) is 8.57. The van der Waals surface area contributed by atoms with Gasteiger partial charge in [0.2, 0.25) is 0 Å². The van der Waals surface area contributed by atoms with E-state index in [2.05, 4.69) is 60.2 Å². The number of hydrogen-bond donors (Lipinski definition) is 0. The number of azo groups is 1. The molecule has 21 heavy (non-hydrogen) atoms. The normalized spacial score (nSPS) is 11.0. The third kappa shape index (κ3) is 4.15. The van der Waals surface area contributed by atoms with Crippen LogP contribution in [0.25, 0.3) is 0 Å². The van der Waals surface area contributed by atoms with E-state index in [0.717, 1.165) is 30.9 Å². The van der Waals surface area contributed by atoms with Crippen molar-refractivity contribution in [2.24, 2.45) is 10.2 Å². The number of anilines is 1. The van der Waals surface area contributed by atoms with Crippen LogP contribution in [0.1, 0.15) is 26.3 Å². The van der Waals surface area contributed by atoms with E-state index in [1.165, 1.54) is 11.3 Å². The van der Waals surface area contributed by atoms with Gasteiger partial charge >= 0.3 is 0 Å². The van der Waals surface area contributed by atoms with Crippen molar-refractivity contribution in [2.45, 2.75) is 27.2 Å². The summed E-state index contributed by atoms with van der Waals surface area (Å²) in [7, 11) is 0. The van der Waals surface area contributed by atoms with Crippen molar-refractivity contribution in [2.75, 3.05) is 18.0 Å². The summed E-state index contributed by atoms with van der Waals surface area (Å²) in [5.41, 5.74) is 4.31. The van der Waals surface area contributed by atoms with E-state index < -0.39 is 0 Å². The Bertz CT molecular complexity index is 566. The van der Waals surface area contributed by atoms with Crippen molar-refractivity contribution < 1.29 is 0 Å². The minimum absolute atomic E-state index is 0.880. The molecule has 0 heterocycles. The topological polar surface area (TPSA) is 28.0 Å². The van der Waals surface area contributed by atoms with Gasteiger partial charge in [-0.2, -0.15) is 10.2 Å². The SMILES string of the molecule is CCc1ccc(N=Nc2ccc(N(CC)CC)cc2)cc1. The van der Waals surface area contributed by atoms with Gasteiger partial charge in [0.05, 0.1) is 11.4 Å². The molecule has 0 aliphatic carbocycles. The van der Waals surface area contributed by atoms with Crippen molar-refractivity contribution in [3.63, 3.8) is 0 Å². The van der Waals surface area contributed by atoms with Crippen LogP contribution >= 0.6 is 0 Å². The zero-order chi connectivity index (χ0) is 15.1. The molecular weight excluding hydrogens is 258 g/mol. The Morgan fingerprint density at radius 2 is 1.19 bits per heavy atom. The predicted octanol–water partition coefficient (Wildman–Crippen LogP) is 5.51. The number of hydrogen-bond acceptors (Lipinski definition) is 3. The van der Waals surface area contributed by atoms with Gasteiger partial charge in [-0.25, -0.2) is 0 Å². The van der Waals surface area contributed by atoms with Gasteiger partial charge in [-0.05, 0) is 62.2 Å². The van der Waals surface area contributed by atoms with E-state index >= 15 is 0 Å².